The lowest BCUT2D eigenvalue weighted by Crippen LogP contribution is -2.08. The molecule has 0 saturated carbocycles. The molecule has 1 aromatic heterocycles. The molecule has 6 heteroatoms. The number of rotatable bonds is 2. The Bertz CT molecular complexity index is 538. The number of alkyl halides is 4. The third-order valence-electron chi connectivity index (χ3n) is 2.33. The molecule has 0 fully saturated rings. The normalized spacial score (nSPS) is 11.6. The number of nitrogens with zero attached hydrogens (tertiary/aromatic N) is 2. The Morgan fingerprint density at radius 2 is 1.72 bits per heavy atom. The van der Waals surface area contributed by atoms with Crippen molar-refractivity contribution < 1.29 is 13.2 Å². The van der Waals surface area contributed by atoms with E-state index in [-0.39, 0.29) is 5.69 Å². The minimum absolute atomic E-state index is 0.186. The highest BCUT2D eigenvalue weighted by Crippen LogP contribution is 2.28. The number of halogens is 4. The van der Waals surface area contributed by atoms with Crippen LogP contribution in [0.3, 0.4) is 0 Å². The fourth-order valence-corrected chi connectivity index (χ4v) is 1.58. The molecule has 2 aromatic rings. The van der Waals surface area contributed by atoms with Crippen molar-refractivity contribution in [2.75, 3.05) is 0 Å². The van der Waals surface area contributed by atoms with Gasteiger partial charge in [-0.05, 0) is 5.56 Å². The van der Waals surface area contributed by atoms with E-state index in [4.69, 9.17) is 11.6 Å². The Balaban J connectivity index is 2.38. The van der Waals surface area contributed by atoms with Gasteiger partial charge >= 0.3 is 6.18 Å². The fraction of sp³-hybridized carbons (Fsp3) is 0.167. The molecule has 0 amide bonds. The predicted molar refractivity (Wildman–Crippen MR) is 62.0 cm³/mol. The summed E-state index contributed by atoms with van der Waals surface area (Å²) in [6.07, 6.45) is -2.49. The molecule has 0 bridgehead atoms. The first-order valence-electron chi connectivity index (χ1n) is 5.05. The Labute approximate surface area is 106 Å². The Kier molecular flexibility index (Phi) is 3.52. The van der Waals surface area contributed by atoms with Crippen molar-refractivity contribution in [1.29, 1.82) is 0 Å². The molecule has 0 atom stereocenters. The molecule has 2 nitrogen and oxygen atoms in total. The summed E-state index contributed by atoms with van der Waals surface area (Å²) in [5.41, 5.74) is 0.648. The zero-order valence-electron chi connectivity index (χ0n) is 9.08. The second kappa shape index (κ2) is 4.94. The molecule has 0 aliphatic carbocycles. The van der Waals surface area contributed by atoms with Gasteiger partial charge in [0.25, 0.3) is 0 Å². The molecular weight excluding hydrogens is 265 g/mol. The van der Waals surface area contributed by atoms with Gasteiger partial charge in [0.1, 0.15) is 0 Å². The van der Waals surface area contributed by atoms with Gasteiger partial charge in [0.15, 0.2) is 5.69 Å². The van der Waals surface area contributed by atoms with Crippen LogP contribution in [-0.4, -0.2) is 9.97 Å². The van der Waals surface area contributed by atoms with Gasteiger partial charge in [-0.15, -0.1) is 11.6 Å². The molecule has 0 aliphatic rings. The van der Waals surface area contributed by atoms with Crippen LogP contribution in [0.15, 0.2) is 36.7 Å². The van der Waals surface area contributed by atoms with Gasteiger partial charge in [0, 0.05) is 11.4 Å². The Morgan fingerprint density at radius 3 is 2.28 bits per heavy atom. The molecule has 0 unspecified atom stereocenters. The molecule has 0 saturated heterocycles. The van der Waals surface area contributed by atoms with E-state index in [1.807, 2.05) is 0 Å². The molecule has 0 aliphatic heterocycles. The molecule has 18 heavy (non-hydrogen) atoms. The number of benzene rings is 1. The maximum atomic E-state index is 12.5. The topological polar surface area (TPSA) is 25.8 Å². The summed E-state index contributed by atoms with van der Waals surface area (Å²) in [5.74, 6) is 0.356. The van der Waals surface area contributed by atoms with E-state index >= 15 is 0 Å². The average molecular weight is 273 g/mol. The molecule has 2 rings (SSSR count). The third kappa shape index (κ3) is 2.79. The van der Waals surface area contributed by atoms with Crippen LogP contribution in [0.4, 0.5) is 13.2 Å². The highest BCUT2D eigenvalue weighted by molar-refractivity contribution is 6.17. The summed E-state index contributed by atoms with van der Waals surface area (Å²) in [6, 6.07) is 6.82. The summed E-state index contributed by atoms with van der Waals surface area (Å²) in [5, 5.41) is 0. The zero-order valence-corrected chi connectivity index (χ0v) is 9.83. The van der Waals surface area contributed by atoms with Gasteiger partial charge in [-0.1, -0.05) is 24.3 Å². The lowest BCUT2D eigenvalue weighted by atomic mass is 10.1. The van der Waals surface area contributed by atoms with E-state index in [0.29, 0.717) is 17.6 Å². The van der Waals surface area contributed by atoms with Crippen molar-refractivity contribution in [3.63, 3.8) is 0 Å². The monoisotopic (exact) mass is 272 g/mol. The van der Waals surface area contributed by atoms with E-state index in [0.717, 1.165) is 5.56 Å². The molecule has 0 spiro atoms. The average Bonchev–Trinajstić information content (AvgIpc) is 2.38. The maximum absolute atomic E-state index is 12.5. The van der Waals surface area contributed by atoms with E-state index in [9.17, 15) is 13.2 Å². The predicted octanol–water partition coefficient (Wildman–Crippen LogP) is 3.90. The highest BCUT2D eigenvalue weighted by atomic mass is 35.5. The van der Waals surface area contributed by atoms with Gasteiger partial charge in [-0.2, -0.15) is 13.2 Å². The van der Waals surface area contributed by atoms with E-state index < -0.39 is 11.9 Å². The van der Waals surface area contributed by atoms with Gasteiger partial charge in [0.05, 0.1) is 18.1 Å². The van der Waals surface area contributed by atoms with Crippen molar-refractivity contribution in [1.82, 2.24) is 9.97 Å². The molecule has 0 N–H and O–H groups in total. The molecule has 94 valence electrons. The SMILES string of the molecule is FC(F)(F)c1cncc(-c2ccc(CCl)cc2)n1. The van der Waals surface area contributed by atoms with Gasteiger partial charge < -0.3 is 0 Å². The Hall–Kier alpha value is -1.62. The third-order valence-corrected chi connectivity index (χ3v) is 2.64. The summed E-state index contributed by atoms with van der Waals surface area (Å²) in [6.45, 7) is 0. The summed E-state index contributed by atoms with van der Waals surface area (Å²) in [4.78, 5) is 7.11. The first-order valence-corrected chi connectivity index (χ1v) is 5.58. The summed E-state index contributed by atoms with van der Waals surface area (Å²) >= 11 is 5.63. The van der Waals surface area contributed by atoms with Crippen LogP contribution in [-0.2, 0) is 12.1 Å². The van der Waals surface area contributed by atoms with E-state index in [1.165, 1.54) is 6.20 Å². The number of hydrogen-bond acceptors (Lipinski definition) is 2. The van der Waals surface area contributed by atoms with Crippen LogP contribution in [0.5, 0.6) is 0 Å². The van der Waals surface area contributed by atoms with Crippen molar-refractivity contribution in [2.24, 2.45) is 0 Å². The van der Waals surface area contributed by atoms with Gasteiger partial charge in [-0.25, -0.2) is 4.98 Å². The number of aromatic nitrogens is 2. The molecule has 1 aromatic carbocycles. The zero-order chi connectivity index (χ0) is 13.2. The first-order chi connectivity index (χ1) is 8.50. The second-order valence-corrected chi connectivity index (χ2v) is 3.89. The molecular formula is C12H8ClF3N2. The van der Waals surface area contributed by atoms with Gasteiger partial charge in [0.2, 0.25) is 0 Å². The van der Waals surface area contributed by atoms with Crippen LogP contribution in [0, 0.1) is 0 Å². The molecule has 1 heterocycles. The quantitative estimate of drug-likeness (QED) is 0.775. The summed E-state index contributed by atoms with van der Waals surface area (Å²) in [7, 11) is 0. The fourth-order valence-electron chi connectivity index (χ4n) is 1.41. The Morgan fingerprint density at radius 1 is 1.06 bits per heavy atom. The van der Waals surface area contributed by atoms with Crippen LogP contribution in [0.1, 0.15) is 11.3 Å². The lowest BCUT2D eigenvalue weighted by Gasteiger charge is -2.07. The standard InChI is InChI=1S/C12H8ClF3N2/c13-5-8-1-3-9(4-2-8)10-6-17-7-11(18-10)12(14,15)16/h1-4,6-7H,5H2. The van der Waals surface area contributed by atoms with E-state index in [1.54, 1.807) is 24.3 Å². The van der Waals surface area contributed by atoms with Crippen molar-refractivity contribution >= 4 is 11.6 Å². The van der Waals surface area contributed by atoms with Crippen molar-refractivity contribution in [2.45, 2.75) is 12.1 Å². The van der Waals surface area contributed by atoms with Gasteiger partial charge in [-0.3, -0.25) is 4.98 Å². The van der Waals surface area contributed by atoms with Crippen molar-refractivity contribution in [3.8, 4) is 11.3 Å². The van der Waals surface area contributed by atoms with Crippen LogP contribution in [0.2, 0.25) is 0 Å². The first kappa shape index (κ1) is 12.8. The largest absolute Gasteiger partial charge is 0.434 e. The molecule has 0 radical (unpaired) electrons. The minimum Gasteiger partial charge on any atom is -0.260 e. The smallest absolute Gasteiger partial charge is 0.260 e. The second-order valence-electron chi connectivity index (χ2n) is 3.62. The maximum Gasteiger partial charge on any atom is 0.434 e. The van der Waals surface area contributed by atoms with Crippen LogP contribution in [0.25, 0.3) is 11.3 Å². The number of hydrogen-bond donors (Lipinski definition) is 0. The van der Waals surface area contributed by atoms with E-state index in [2.05, 4.69) is 9.97 Å². The lowest BCUT2D eigenvalue weighted by molar-refractivity contribution is -0.141. The minimum atomic E-state index is -4.49. The van der Waals surface area contributed by atoms with Crippen molar-refractivity contribution in [3.05, 3.63) is 47.9 Å². The van der Waals surface area contributed by atoms with Crippen LogP contribution >= 0.6 is 11.6 Å². The highest BCUT2D eigenvalue weighted by Gasteiger charge is 2.33. The summed E-state index contributed by atoms with van der Waals surface area (Å²) < 4.78 is 37.4. The van der Waals surface area contributed by atoms with Crippen LogP contribution < -0.4 is 0 Å².